The number of carbonyl (C=O) groups is 1. The van der Waals surface area contributed by atoms with Crippen LogP contribution in [0.15, 0.2) is 47.4 Å². The van der Waals surface area contributed by atoms with Gasteiger partial charge in [-0.25, -0.2) is 4.39 Å². The van der Waals surface area contributed by atoms with Crippen LogP contribution in [0.25, 0.3) is 0 Å². The van der Waals surface area contributed by atoms with Crippen LogP contribution in [0.1, 0.15) is 10.4 Å². The lowest BCUT2D eigenvalue weighted by Gasteiger charge is -2.09. The van der Waals surface area contributed by atoms with Gasteiger partial charge in [-0.3, -0.25) is 4.79 Å². The van der Waals surface area contributed by atoms with Crippen molar-refractivity contribution in [3.05, 3.63) is 58.9 Å². The molecule has 2 aromatic carbocycles. The molecule has 1 amide bonds. The number of thioether (sulfide) groups is 1. The average Bonchev–Trinajstić information content (AvgIpc) is 2.53. The maximum absolute atomic E-state index is 13.2. The summed E-state index contributed by atoms with van der Waals surface area (Å²) < 4.78 is 18.3. The van der Waals surface area contributed by atoms with Crippen LogP contribution in [0.2, 0.25) is 5.02 Å². The molecule has 116 valence electrons. The van der Waals surface area contributed by atoms with Crippen molar-refractivity contribution < 1.29 is 13.9 Å². The van der Waals surface area contributed by atoms with Crippen molar-refractivity contribution >= 4 is 29.3 Å². The SMILES string of the molecule is COc1ccc(F)cc1C(=O)NCCSc1ccc(Cl)cc1. The molecule has 6 heteroatoms. The first-order chi connectivity index (χ1) is 10.6. The highest BCUT2D eigenvalue weighted by atomic mass is 35.5. The smallest absolute Gasteiger partial charge is 0.255 e. The first-order valence-corrected chi connectivity index (χ1v) is 7.96. The molecule has 0 radical (unpaired) electrons. The van der Waals surface area contributed by atoms with Crippen LogP contribution >= 0.6 is 23.4 Å². The maximum atomic E-state index is 13.2. The van der Waals surface area contributed by atoms with E-state index >= 15 is 0 Å². The lowest BCUT2D eigenvalue weighted by atomic mass is 10.2. The van der Waals surface area contributed by atoms with Crippen molar-refractivity contribution in [2.75, 3.05) is 19.4 Å². The number of ether oxygens (including phenoxy) is 1. The van der Waals surface area contributed by atoms with E-state index in [9.17, 15) is 9.18 Å². The minimum absolute atomic E-state index is 0.194. The van der Waals surface area contributed by atoms with Gasteiger partial charge in [0.15, 0.2) is 0 Å². The number of benzene rings is 2. The molecular formula is C16H15ClFNO2S. The second kappa shape index (κ2) is 8.06. The van der Waals surface area contributed by atoms with Crippen molar-refractivity contribution in [2.45, 2.75) is 4.90 Å². The van der Waals surface area contributed by atoms with E-state index in [4.69, 9.17) is 16.3 Å². The van der Waals surface area contributed by atoms with Gasteiger partial charge in [-0.05, 0) is 42.5 Å². The number of hydrogen-bond acceptors (Lipinski definition) is 3. The standard InChI is InChI=1S/C16H15ClFNO2S/c1-21-15-7-4-12(18)10-14(15)16(20)19-8-9-22-13-5-2-11(17)3-6-13/h2-7,10H,8-9H2,1H3,(H,19,20). The van der Waals surface area contributed by atoms with Gasteiger partial charge < -0.3 is 10.1 Å². The van der Waals surface area contributed by atoms with Crippen LogP contribution in [0.4, 0.5) is 4.39 Å². The van der Waals surface area contributed by atoms with Crippen molar-refractivity contribution in [1.82, 2.24) is 5.32 Å². The molecule has 0 aliphatic rings. The minimum atomic E-state index is -0.471. The Morgan fingerprint density at radius 2 is 2.00 bits per heavy atom. The number of carbonyl (C=O) groups excluding carboxylic acids is 1. The summed E-state index contributed by atoms with van der Waals surface area (Å²) in [5.41, 5.74) is 0.194. The van der Waals surface area contributed by atoms with E-state index in [1.807, 2.05) is 24.3 Å². The maximum Gasteiger partial charge on any atom is 0.255 e. The zero-order valence-corrected chi connectivity index (χ0v) is 13.5. The summed E-state index contributed by atoms with van der Waals surface area (Å²) in [6.07, 6.45) is 0. The fourth-order valence-corrected chi connectivity index (χ4v) is 2.71. The molecule has 2 rings (SSSR count). The molecule has 2 aromatic rings. The topological polar surface area (TPSA) is 38.3 Å². The van der Waals surface area contributed by atoms with Crippen LogP contribution < -0.4 is 10.1 Å². The molecule has 0 bridgehead atoms. The normalized spacial score (nSPS) is 10.3. The predicted octanol–water partition coefficient (Wildman–Crippen LogP) is 4.01. The second-order valence-corrected chi connectivity index (χ2v) is 6.01. The first kappa shape index (κ1) is 16.6. The number of rotatable bonds is 6. The van der Waals surface area contributed by atoms with E-state index < -0.39 is 5.82 Å². The summed E-state index contributed by atoms with van der Waals surface area (Å²) in [4.78, 5) is 13.1. The van der Waals surface area contributed by atoms with Gasteiger partial charge >= 0.3 is 0 Å². The molecule has 0 aromatic heterocycles. The third-order valence-electron chi connectivity index (χ3n) is 2.88. The first-order valence-electron chi connectivity index (χ1n) is 6.60. The zero-order chi connectivity index (χ0) is 15.9. The lowest BCUT2D eigenvalue weighted by molar-refractivity contribution is 0.0952. The Kier molecular flexibility index (Phi) is 6.10. The molecule has 0 saturated heterocycles. The summed E-state index contributed by atoms with van der Waals surface area (Å²) in [5.74, 6) is 0.226. The van der Waals surface area contributed by atoms with Gasteiger partial charge in [-0.2, -0.15) is 0 Å². The molecule has 0 fully saturated rings. The van der Waals surface area contributed by atoms with Gasteiger partial charge in [0.2, 0.25) is 0 Å². The number of hydrogen-bond donors (Lipinski definition) is 1. The molecule has 1 N–H and O–H groups in total. The predicted molar refractivity (Wildman–Crippen MR) is 87.5 cm³/mol. The fourth-order valence-electron chi connectivity index (χ4n) is 1.82. The lowest BCUT2D eigenvalue weighted by Crippen LogP contribution is -2.26. The number of nitrogens with one attached hydrogen (secondary N) is 1. The summed E-state index contributed by atoms with van der Waals surface area (Å²) in [6, 6.07) is 11.3. The zero-order valence-electron chi connectivity index (χ0n) is 11.9. The van der Waals surface area contributed by atoms with Gasteiger partial charge in [0, 0.05) is 22.2 Å². The second-order valence-electron chi connectivity index (χ2n) is 4.40. The molecule has 0 aliphatic carbocycles. The van der Waals surface area contributed by atoms with E-state index in [1.54, 1.807) is 11.8 Å². The Morgan fingerprint density at radius 3 is 2.68 bits per heavy atom. The van der Waals surface area contributed by atoms with Crippen LogP contribution in [-0.4, -0.2) is 25.3 Å². The van der Waals surface area contributed by atoms with E-state index in [0.717, 1.165) is 4.90 Å². The van der Waals surface area contributed by atoms with E-state index in [2.05, 4.69) is 5.32 Å². The van der Waals surface area contributed by atoms with Gasteiger partial charge in [0.05, 0.1) is 12.7 Å². The van der Waals surface area contributed by atoms with Gasteiger partial charge in [-0.1, -0.05) is 11.6 Å². The Morgan fingerprint density at radius 1 is 1.27 bits per heavy atom. The molecule has 0 spiro atoms. The molecule has 3 nitrogen and oxygen atoms in total. The third-order valence-corrected chi connectivity index (χ3v) is 4.14. The van der Waals surface area contributed by atoms with E-state index in [-0.39, 0.29) is 11.5 Å². The van der Waals surface area contributed by atoms with Crippen LogP contribution in [-0.2, 0) is 0 Å². The summed E-state index contributed by atoms with van der Waals surface area (Å²) in [5, 5.41) is 3.44. The van der Waals surface area contributed by atoms with Crippen LogP contribution in [0, 0.1) is 5.82 Å². The molecule has 0 aliphatic heterocycles. The minimum Gasteiger partial charge on any atom is -0.496 e. The highest BCUT2D eigenvalue weighted by molar-refractivity contribution is 7.99. The Bertz CT molecular complexity index is 649. The molecule has 0 unspecified atom stereocenters. The van der Waals surface area contributed by atoms with Gasteiger partial charge in [0.25, 0.3) is 5.91 Å². The Labute approximate surface area is 137 Å². The molecule has 0 saturated carbocycles. The molecule has 22 heavy (non-hydrogen) atoms. The van der Waals surface area contributed by atoms with Crippen LogP contribution in [0.5, 0.6) is 5.75 Å². The third kappa shape index (κ3) is 4.64. The largest absolute Gasteiger partial charge is 0.496 e. The summed E-state index contributed by atoms with van der Waals surface area (Å²) in [6.45, 7) is 0.464. The Balaban J connectivity index is 1.85. The van der Waals surface area contributed by atoms with Crippen molar-refractivity contribution in [3.8, 4) is 5.75 Å². The van der Waals surface area contributed by atoms with Gasteiger partial charge in [0.1, 0.15) is 11.6 Å². The summed E-state index contributed by atoms with van der Waals surface area (Å²) in [7, 11) is 1.44. The number of halogens is 2. The highest BCUT2D eigenvalue weighted by Crippen LogP contribution is 2.21. The number of amides is 1. The quantitative estimate of drug-likeness (QED) is 0.638. The monoisotopic (exact) mass is 339 g/mol. The van der Waals surface area contributed by atoms with Crippen molar-refractivity contribution in [3.63, 3.8) is 0 Å². The number of methoxy groups -OCH3 is 1. The highest BCUT2D eigenvalue weighted by Gasteiger charge is 2.12. The fraction of sp³-hybridized carbons (Fsp3) is 0.188. The molecular weight excluding hydrogens is 325 g/mol. The molecule has 0 heterocycles. The van der Waals surface area contributed by atoms with Crippen molar-refractivity contribution in [2.24, 2.45) is 0 Å². The summed E-state index contributed by atoms with van der Waals surface area (Å²) >= 11 is 7.42. The average molecular weight is 340 g/mol. The van der Waals surface area contributed by atoms with Crippen molar-refractivity contribution in [1.29, 1.82) is 0 Å². The van der Waals surface area contributed by atoms with Gasteiger partial charge in [-0.15, -0.1) is 11.8 Å². The Hall–Kier alpha value is -1.72. The van der Waals surface area contributed by atoms with E-state index in [1.165, 1.54) is 25.3 Å². The molecule has 0 atom stereocenters. The van der Waals surface area contributed by atoms with E-state index in [0.29, 0.717) is 23.1 Å². The van der Waals surface area contributed by atoms with Crippen LogP contribution in [0.3, 0.4) is 0 Å².